The van der Waals surface area contributed by atoms with Crippen molar-refractivity contribution >= 4 is 47.5 Å². The second-order valence-electron chi connectivity index (χ2n) is 5.44. The van der Waals surface area contributed by atoms with Crippen LogP contribution in [0.15, 0.2) is 29.3 Å². The summed E-state index contributed by atoms with van der Waals surface area (Å²) in [7, 11) is 0. The van der Waals surface area contributed by atoms with E-state index in [-0.39, 0.29) is 46.6 Å². The first-order valence-electron chi connectivity index (χ1n) is 7.85. The fourth-order valence-electron chi connectivity index (χ4n) is 2.17. The zero-order valence-electron chi connectivity index (χ0n) is 14.4. The summed E-state index contributed by atoms with van der Waals surface area (Å²) >= 11 is 5.73. The zero-order valence-corrected chi connectivity index (χ0v) is 15.9. The molecule has 1 amide bonds. The Hall–Kier alpha value is -2.78. The number of halogens is 2. The number of unbranched alkanes of at least 4 members (excludes halogenated alkanes) is 1. The lowest BCUT2D eigenvalue weighted by Crippen LogP contribution is -2.38. The summed E-state index contributed by atoms with van der Waals surface area (Å²) in [6, 6.07) is 7.17. The highest BCUT2D eigenvalue weighted by Crippen LogP contribution is 2.18. The lowest BCUT2D eigenvalue weighted by Gasteiger charge is -2.07. The highest BCUT2D eigenvalue weighted by molar-refractivity contribution is 6.31. The molecule has 9 nitrogen and oxygen atoms in total. The molecule has 0 spiro atoms. The van der Waals surface area contributed by atoms with Gasteiger partial charge in [0.2, 0.25) is 0 Å². The third kappa shape index (κ3) is 6.46. The Kier molecular flexibility index (Phi) is 8.57. The molecule has 27 heavy (non-hydrogen) atoms. The van der Waals surface area contributed by atoms with Gasteiger partial charge in [-0.3, -0.25) is 15.1 Å². The van der Waals surface area contributed by atoms with Gasteiger partial charge in [-0.15, -0.1) is 12.4 Å². The van der Waals surface area contributed by atoms with Crippen molar-refractivity contribution in [3.05, 3.63) is 40.7 Å². The van der Waals surface area contributed by atoms with E-state index < -0.39 is 5.91 Å². The molecule has 0 saturated carbocycles. The Morgan fingerprint density at radius 3 is 2.59 bits per heavy atom. The van der Waals surface area contributed by atoms with Gasteiger partial charge in [0, 0.05) is 6.54 Å². The molecule has 146 valence electrons. The van der Waals surface area contributed by atoms with E-state index >= 15 is 0 Å². The molecule has 1 aromatic heterocycles. The van der Waals surface area contributed by atoms with Gasteiger partial charge < -0.3 is 22.3 Å². The molecule has 1 aromatic carbocycles. The summed E-state index contributed by atoms with van der Waals surface area (Å²) in [5, 5.41) is 11.9. The number of anilines is 2. The summed E-state index contributed by atoms with van der Waals surface area (Å²) in [5.41, 5.74) is 17.4. The Bertz CT molecular complexity index is 830. The highest BCUT2D eigenvalue weighted by atomic mass is 35.5. The smallest absolute Gasteiger partial charge is 0.280 e. The van der Waals surface area contributed by atoms with E-state index in [0.717, 1.165) is 24.8 Å². The predicted octanol–water partition coefficient (Wildman–Crippen LogP) is 1.49. The molecule has 8 N–H and O–H groups in total. The van der Waals surface area contributed by atoms with Crippen molar-refractivity contribution in [1.29, 1.82) is 0 Å². The number of nitrogens with two attached hydrogens (primary N) is 3. The summed E-state index contributed by atoms with van der Waals surface area (Å²) in [6.07, 6.45) is 2.28. The van der Waals surface area contributed by atoms with Gasteiger partial charge in [0.25, 0.3) is 5.91 Å². The van der Waals surface area contributed by atoms with Gasteiger partial charge in [-0.1, -0.05) is 29.8 Å². The van der Waals surface area contributed by atoms with Crippen molar-refractivity contribution < 1.29 is 9.90 Å². The molecule has 0 saturated heterocycles. The van der Waals surface area contributed by atoms with Gasteiger partial charge in [-0.25, -0.2) is 9.97 Å². The van der Waals surface area contributed by atoms with Gasteiger partial charge in [0.15, 0.2) is 28.4 Å². The molecule has 1 heterocycles. The fourth-order valence-corrected chi connectivity index (χ4v) is 2.30. The number of hydrogen-bond acceptors (Lipinski definition) is 7. The van der Waals surface area contributed by atoms with Crippen molar-refractivity contribution in [2.24, 2.45) is 10.7 Å². The molecule has 0 aliphatic rings. The SMILES string of the molecule is Cl.NC(=NCCCCc1ccccc1O)NC(=O)c1nc(Cl)c(N)nc1N. The number of aryl methyl sites for hydroxylation is 1. The maximum Gasteiger partial charge on any atom is 0.280 e. The number of phenolic OH excluding ortho intramolecular Hbond substituents is 1. The van der Waals surface area contributed by atoms with Crippen LogP contribution in [0.3, 0.4) is 0 Å². The number of para-hydroxylation sites is 1. The van der Waals surface area contributed by atoms with E-state index in [1.807, 2.05) is 12.1 Å². The van der Waals surface area contributed by atoms with Crippen LogP contribution in [0.5, 0.6) is 5.75 Å². The fraction of sp³-hybridized carbons (Fsp3) is 0.250. The molecular formula is C16H21Cl2N7O2. The molecule has 0 unspecified atom stereocenters. The van der Waals surface area contributed by atoms with Crippen LogP contribution in [0.1, 0.15) is 28.9 Å². The second kappa shape index (κ2) is 10.4. The Labute approximate surface area is 167 Å². The average Bonchev–Trinajstić information content (AvgIpc) is 2.59. The van der Waals surface area contributed by atoms with Crippen molar-refractivity contribution in [2.45, 2.75) is 19.3 Å². The van der Waals surface area contributed by atoms with Crippen molar-refractivity contribution in [1.82, 2.24) is 15.3 Å². The number of nitrogens with zero attached hydrogens (tertiary/aromatic N) is 3. The van der Waals surface area contributed by atoms with Crippen LogP contribution in [0, 0.1) is 0 Å². The van der Waals surface area contributed by atoms with E-state index in [4.69, 9.17) is 28.8 Å². The van der Waals surface area contributed by atoms with E-state index in [0.29, 0.717) is 6.54 Å². The normalized spacial score (nSPS) is 10.9. The molecule has 0 aliphatic carbocycles. The molecule has 0 fully saturated rings. The molecule has 0 radical (unpaired) electrons. The number of aromatic nitrogens is 2. The Morgan fingerprint density at radius 1 is 1.19 bits per heavy atom. The highest BCUT2D eigenvalue weighted by Gasteiger charge is 2.16. The minimum absolute atomic E-state index is 0. The second-order valence-corrected chi connectivity index (χ2v) is 5.80. The minimum atomic E-state index is -0.674. The number of nitrogens with one attached hydrogen (secondary N) is 1. The molecule has 2 rings (SSSR count). The maximum absolute atomic E-state index is 12.1. The van der Waals surface area contributed by atoms with Crippen LogP contribution in [0.25, 0.3) is 0 Å². The van der Waals surface area contributed by atoms with Crippen LogP contribution in [0.4, 0.5) is 11.6 Å². The first-order chi connectivity index (χ1) is 12.4. The molecule has 2 aromatic rings. The predicted molar refractivity (Wildman–Crippen MR) is 108 cm³/mol. The maximum atomic E-state index is 12.1. The van der Waals surface area contributed by atoms with Crippen LogP contribution in [-0.4, -0.2) is 33.5 Å². The number of hydrogen-bond donors (Lipinski definition) is 5. The standard InChI is InChI=1S/C16H20ClN7O2.ClH/c17-12-14(19)23-13(18)11(22-12)15(26)24-16(20)21-8-4-3-6-9-5-1-2-7-10(9)25;/h1-2,5,7,25H,3-4,6,8H2,(H4,18,19,23)(H3,20,21,24,26);1H. The van der Waals surface area contributed by atoms with Gasteiger partial charge in [-0.05, 0) is 30.9 Å². The van der Waals surface area contributed by atoms with Gasteiger partial charge in [-0.2, -0.15) is 0 Å². The van der Waals surface area contributed by atoms with Crippen molar-refractivity contribution in [2.75, 3.05) is 18.0 Å². The number of nitrogen functional groups attached to an aromatic ring is 2. The third-order valence-electron chi connectivity index (χ3n) is 3.49. The molecule has 0 aliphatic heterocycles. The van der Waals surface area contributed by atoms with Crippen LogP contribution in [-0.2, 0) is 6.42 Å². The van der Waals surface area contributed by atoms with E-state index in [1.54, 1.807) is 12.1 Å². The van der Waals surface area contributed by atoms with Crippen molar-refractivity contribution in [3.63, 3.8) is 0 Å². The number of aliphatic imine (C=N–C) groups is 1. The number of rotatable bonds is 6. The zero-order chi connectivity index (χ0) is 19.1. The number of carbonyl (C=O) groups excluding carboxylic acids is 1. The summed E-state index contributed by atoms with van der Waals surface area (Å²) in [5.74, 6) is -0.672. The minimum Gasteiger partial charge on any atom is -0.508 e. The summed E-state index contributed by atoms with van der Waals surface area (Å²) in [6.45, 7) is 0.420. The number of aromatic hydroxyl groups is 1. The quantitative estimate of drug-likeness (QED) is 0.271. The first-order valence-corrected chi connectivity index (χ1v) is 8.23. The van der Waals surface area contributed by atoms with Crippen LogP contribution >= 0.6 is 24.0 Å². The van der Waals surface area contributed by atoms with E-state index in [1.165, 1.54) is 0 Å². The first kappa shape index (κ1) is 22.3. The molecule has 11 heteroatoms. The Morgan fingerprint density at radius 2 is 1.89 bits per heavy atom. The average molecular weight is 414 g/mol. The third-order valence-corrected chi connectivity index (χ3v) is 3.77. The number of carbonyl (C=O) groups is 1. The van der Waals surface area contributed by atoms with Crippen molar-refractivity contribution in [3.8, 4) is 5.75 Å². The number of amides is 1. The molecule has 0 bridgehead atoms. The van der Waals surface area contributed by atoms with Crippen LogP contribution < -0.4 is 22.5 Å². The van der Waals surface area contributed by atoms with Crippen LogP contribution in [0.2, 0.25) is 5.15 Å². The lowest BCUT2D eigenvalue weighted by molar-refractivity contribution is 0.0972. The van der Waals surface area contributed by atoms with E-state index in [9.17, 15) is 9.90 Å². The number of phenols is 1. The van der Waals surface area contributed by atoms with Gasteiger partial charge in [0.1, 0.15) is 5.75 Å². The number of benzene rings is 1. The van der Waals surface area contributed by atoms with E-state index in [2.05, 4.69) is 20.3 Å². The number of guanidine groups is 1. The monoisotopic (exact) mass is 413 g/mol. The lowest BCUT2D eigenvalue weighted by atomic mass is 10.1. The molecule has 0 atom stereocenters. The Balaban J connectivity index is 0.00000364. The molecular weight excluding hydrogens is 393 g/mol. The van der Waals surface area contributed by atoms with Gasteiger partial charge in [0.05, 0.1) is 0 Å². The van der Waals surface area contributed by atoms with Gasteiger partial charge >= 0.3 is 0 Å². The largest absolute Gasteiger partial charge is 0.508 e. The summed E-state index contributed by atoms with van der Waals surface area (Å²) in [4.78, 5) is 23.6. The summed E-state index contributed by atoms with van der Waals surface area (Å²) < 4.78 is 0. The topological polar surface area (TPSA) is 166 Å².